The van der Waals surface area contributed by atoms with Crippen LogP contribution in [0.25, 0.3) is 11.3 Å². The fourth-order valence-electron chi connectivity index (χ4n) is 1.73. The van der Waals surface area contributed by atoms with Crippen molar-refractivity contribution in [3.05, 3.63) is 57.6 Å². The molecule has 0 saturated heterocycles. The van der Waals surface area contributed by atoms with Crippen LogP contribution in [0.3, 0.4) is 0 Å². The Morgan fingerprint density at radius 3 is 2.62 bits per heavy atom. The first-order valence-corrected chi connectivity index (χ1v) is 5.04. The number of aromatic nitrogens is 1. The average Bonchev–Trinajstić information content (AvgIpc) is 2.20. The Balaban J connectivity index is 2.67. The SMILES string of the molecule is Cc1cc(=O)cc(-c2cccc(F)c2C)[nH]1. The summed E-state index contributed by atoms with van der Waals surface area (Å²) in [4.78, 5) is 14.4. The lowest BCUT2D eigenvalue weighted by atomic mass is 10.0. The Labute approximate surface area is 92.8 Å². The van der Waals surface area contributed by atoms with Gasteiger partial charge in [-0.1, -0.05) is 12.1 Å². The number of hydrogen-bond acceptors (Lipinski definition) is 1. The zero-order valence-corrected chi connectivity index (χ0v) is 9.17. The average molecular weight is 217 g/mol. The number of pyridine rings is 1. The molecule has 1 aromatic carbocycles. The number of halogens is 1. The first-order chi connectivity index (χ1) is 7.58. The molecule has 1 aromatic heterocycles. The van der Waals surface area contributed by atoms with Crippen LogP contribution in [0.2, 0.25) is 0 Å². The molecule has 0 aliphatic rings. The largest absolute Gasteiger partial charge is 0.358 e. The van der Waals surface area contributed by atoms with Crippen LogP contribution in [0.1, 0.15) is 11.3 Å². The van der Waals surface area contributed by atoms with Crippen LogP contribution in [0.15, 0.2) is 35.1 Å². The molecule has 0 aliphatic heterocycles. The normalized spacial score (nSPS) is 10.4. The molecule has 16 heavy (non-hydrogen) atoms. The molecule has 0 radical (unpaired) electrons. The Hall–Kier alpha value is -1.90. The molecular formula is C13H12FNO. The van der Waals surface area contributed by atoms with E-state index in [1.54, 1.807) is 26.0 Å². The van der Waals surface area contributed by atoms with E-state index < -0.39 is 0 Å². The monoisotopic (exact) mass is 217 g/mol. The van der Waals surface area contributed by atoms with Crippen LogP contribution in [-0.2, 0) is 0 Å². The Kier molecular flexibility index (Phi) is 2.60. The van der Waals surface area contributed by atoms with Gasteiger partial charge < -0.3 is 4.98 Å². The predicted octanol–water partition coefficient (Wildman–Crippen LogP) is 2.80. The third kappa shape index (κ3) is 1.89. The molecule has 0 aliphatic carbocycles. The lowest BCUT2D eigenvalue weighted by molar-refractivity contribution is 0.619. The number of benzene rings is 1. The fraction of sp³-hybridized carbons (Fsp3) is 0.154. The van der Waals surface area contributed by atoms with Crippen molar-refractivity contribution in [2.24, 2.45) is 0 Å². The minimum Gasteiger partial charge on any atom is -0.358 e. The second kappa shape index (κ2) is 3.93. The highest BCUT2D eigenvalue weighted by Crippen LogP contribution is 2.22. The summed E-state index contributed by atoms with van der Waals surface area (Å²) in [6, 6.07) is 7.83. The van der Waals surface area contributed by atoms with E-state index in [0.717, 1.165) is 11.3 Å². The van der Waals surface area contributed by atoms with Gasteiger partial charge in [-0.15, -0.1) is 0 Å². The molecule has 82 valence electrons. The summed E-state index contributed by atoms with van der Waals surface area (Å²) in [7, 11) is 0. The quantitative estimate of drug-likeness (QED) is 0.782. The van der Waals surface area contributed by atoms with Gasteiger partial charge in [0, 0.05) is 29.1 Å². The fourth-order valence-corrected chi connectivity index (χ4v) is 1.73. The van der Waals surface area contributed by atoms with Gasteiger partial charge in [0.25, 0.3) is 0 Å². The minimum atomic E-state index is -0.264. The van der Waals surface area contributed by atoms with Crippen molar-refractivity contribution in [1.82, 2.24) is 4.98 Å². The topological polar surface area (TPSA) is 32.9 Å². The van der Waals surface area contributed by atoms with Crippen molar-refractivity contribution in [1.29, 1.82) is 0 Å². The summed E-state index contributed by atoms with van der Waals surface area (Å²) in [5.41, 5.74) is 2.62. The predicted molar refractivity (Wildman–Crippen MR) is 61.9 cm³/mol. The molecule has 0 unspecified atom stereocenters. The highest BCUT2D eigenvalue weighted by molar-refractivity contribution is 5.63. The van der Waals surface area contributed by atoms with E-state index in [9.17, 15) is 9.18 Å². The minimum absolute atomic E-state index is 0.0742. The lowest BCUT2D eigenvalue weighted by Crippen LogP contribution is -2.02. The number of aromatic amines is 1. The maximum atomic E-state index is 13.4. The molecule has 1 N–H and O–H groups in total. The van der Waals surface area contributed by atoms with E-state index in [1.807, 2.05) is 0 Å². The molecule has 1 heterocycles. The molecule has 0 spiro atoms. The number of aryl methyl sites for hydroxylation is 1. The molecule has 0 fully saturated rings. The maximum Gasteiger partial charge on any atom is 0.182 e. The molecule has 2 aromatic rings. The van der Waals surface area contributed by atoms with Gasteiger partial charge in [-0.2, -0.15) is 0 Å². The Morgan fingerprint density at radius 1 is 1.19 bits per heavy atom. The molecule has 0 amide bonds. The van der Waals surface area contributed by atoms with Gasteiger partial charge in [-0.05, 0) is 25.5 Å². The standard InChI is InChI=1S/C13H12FNO/c1-8-6-10(16)7-13(15-8)11-4-3-5-12(14)9(11)2/h3-7H,1-2H3,(H,15,16). The summed E-state index contributed by atoms with van der Waals surface area (Å²) in [6.07, 6.45) is 0. The van der Waals surface area contributed by atoms with Crippen LogP contribution in [0.5, 0.6) is 0 Å². The van der Waals surface area contributed by atoms with E-state index in [1.165, 1.54) is 18.2 Å². The van der Waals surface area contributed by atoms with Gasteiger partial charge in [-0.3, -0.25) is 4.79 Å². The summed E-state index contributed by atoms with van der Waals surface area (Å²) in [5.74, 6) is -0.264. The van der Waals surface area contributed by atoms with Gasteiger partial charge in [0.1, 0.15) is 5.82 Å². The van der Waals surface area contributed by atoms with Gasteiger partial charge >= 0.3 is 0 Å². The lowest BCUT2D eigenvalue weighted by Gasteiger charge is -2.07. The van der Waals surface area contributed by atoms with Gasteiger partial charge in [0.2, 0.25) is 0 Å². The first kappa shape index (κ1) is 10.6. The van der Waals surface area contributed by atoms with E-state index in [4.69, 9.17) is 0 Å². The van der Waals surface area contributed by atoms with Crippen molar-refractivity contribution in [2.45, 2.75) is 13.8 Å². The molecule has 0 bridgehead atoms. The summed E-state index contributed by atoms with van der Waals surface area (Å²) in [5, 5.41) is 0. The third-order valence-electron chi connectivity index (χ3n) is 2.54. The molecule has 2 rings (SSSR count). The Bertz CT molecular complexity index is 587. The smallest absolute Gasteiger partial charge is 0.182 e. The number of nitrogens with one attached hydrogen (secondary N) is 1. The van der Waals surface area contributed by atoms with Gasteiger partial charge in [-0.25, -0.2) is 4.39 Å². The second-order valence-corrected chi connectivity index (χ2v) is 3.83. The van der Waals surface area contributed by atoms with Crippen LogP contribution < -0.4 is 5.43 Å². The van der Waals surface area contributed by atoms with Gasteiger partial charge in [0.15, 0.2) is 5.43 Å². The van der Waals surface area contributed by atoms with Crippen LogP contribution in [0, 0.1) is 19.7 Å². The summed E-state index contributed by atoms with van der Waals surface area (Å²) >= 11 is 0. The van der Waals surface area contributed by atoms with Crippen LogP contribution in [0.4, 0.5) is 4.39 Å². The number of hydrogen-bond donors (Lipinski definition) is 1. The molecule has 0 saturated carbocycles. The third-order valence-corrected chi connectivity index (χ3v) is 2.54. The first-order valence-electron chi connectivity index (χ1n) is 5.04. The van der Waals surface area contributed by atoms with Crippen LogP contribution in [-0.4, -0.2) is 4.98 Å². The van der Waals surface area contributed by atoms with Crippen molar-refractivity contribution in [3.8, 4) is 11.3 Å². The van der Waals surface area contributed by atoms with E-state index >= 15 is 0 Å². The zero-order chi connectivity index (χ0) is 11.7. The van der Waals surface area contributed by atoms with E-state index in [2.05, 4.69) is 4.98 Å². The summed E-state index contributed by atoms with van der Waals surface area (Å²) < 4.78 is 13.4. The molecule has 2 nitrogen and oxygen atoms in total. The number of H-pyrrole nitrogens is 1. The van der Waals surface area contributed by atoms with E-state index in [0.29, 0.717) is 11.3 Å². The second-order valence-electron chi connectivity index (χ2n) is 3.83. The number of rotatable bonds is 1. The maximum absolute atomic E-state index is 13.4. The van der Waals surface area contributed by atoms with Crippen molar-refractivity contribution in [2.75, 3.05) is 0 Å². The molecular weight excluding hydrogens is 205 g/mol. The molecule has 3 heteroatoms. The van der Waals surface area contributed by atoms with Crippen molar-refractivity contribution in [3.63, 3.8) is 0 Å². The van der Waals surface area contributed by atoms with Crippen LogP contribution >= 0.6 is 0 Å². The van der Waals surface area contributed by atoms with Gasteiger partial charge in [0.05, 0.1) is 0 Å². The summed E-state index contributed by atoms with van der Waals surface area (Å²) in [6.45, 7) is 3.50. The van der Waals surface area contributed by atoms with Crippen molar-refractivity contribution >= 4 is 0 Å². The molecule has 0 atom stereocenters. The van der Waals surface area contributed by atoms with E-state index in [-0.39, 0.29) is 11.2 Å². The zero-order valence-electron chi connectivity index (χ0n) is 9.17. The van der Waals surface area contributed by atoms with Crippen molar-refractivity contribution < 1.29 is 4.39 Å². The highest BCUT2D eigenvalue weighted by Gasteiger charge is 2.06. The Morgan fingerprint density at radius 2 is 1.94 bits per heavy atom. The highest BCUT2D eigenvalue weighted by atomic mass is 19.1.